The van der Waals surface area contributed by atoms with Crippen LogP contribution in [0.5, 0.6) is 0 Å². The average molecular weight is 348 g/mol. The number of amidine groups is 1. The Morgan fingerprint density at radius 3 is 2.50 bits per heavy atom. The molecule has 1 saturated carbocycles. The van der Waals surface area contributed by atoms with Crippen LogP contribution in [0.25, 0.3) is 0 Å². The summed E-state index contributed by atoms with van der Waals surface area (Å²) < 4.78 is 0. The molecule has 1 aromatic carbocycles. The molecule has 3 rings (SSSR count). The summed E-state index contributed by atoms with van der Waals surface area (Å²) in [4.78, 5) is 4.84. The normalized spacial score (nSPS) is 27.8. The van der Waals surface area contributed by atoms with Gasteiger partial charge in [0.15, 0.2) is 0 Å². The molecule has 0 bridgehead atoms. The van der Waals surface area contributed by atoms with Gasteiger partial charge in [-0.25, -0.2) is 0 Å². The van der Waals surface area contributed by atoms with Gasteiger partial charge in [-0.2, -0.15) is 0 Å². The summed E-state index contributed by atoms with van der Waals surface area (Å²) in [5.74, 6) is 1.97. The van der Waals surface area contributed by atoms with Gasteiger partial charge in [0.1, 0.15) is 5.84 Å². The quantitative estimate of drug-likeness (QED) is 0.831. The molecule has 0 unspecified atom stereocenters. The highest BCUT2D eigenvalue weighted by Gasteiger charge is 2.42. The van der Waals surface area contributed by atoms with Gasteiger partial charge in [-0.1, -0.05) is 44.5 Å². The fraction of sp³-hybridized carbons (Fsp3) is 0.650. The maximum Gasteiger partial charge on any atom is 0.117 e. The van der Waals surface area contributed by atoms with E-state index >= 15 is 0 Å². The summed E-state index contributed by atoms with van der Waals surface area (Å²) >= 11 is 5.97. The van der Waals surface area contributed by atoms with E-state index in [-0.39, 0.29) is 5.54 Å². The lowest BCUT2D eigenvalue weighted by Gasteiger charge is -2.46. The first-order valence-corrected chi connectivity index (χ1v) is 9.55. The number of nitrogens with one attached hydrogen (secondary N) is 2. The van der Waals surface area contributed by atoms with Crippen LogP contribution >= 0.6 is 11.6 Å². The van der Waals surface area contributed by atoms with Crippen molar-refractivity contribution in [2.75, 3.05) is 13.1 Å². The van der Waals surface area contributed by atoms with Crippen LogP contribution in [0.1, 0.15) is 52.0 Å². The zero-order valence-electron chi connectivity index (χ0n) is 15.2. The Morgan fingerprint density at radius 2 is 1.88 bits per heavy atom. The Kier molecular flexibility index (Phi) is 5.22. The first kappa shape index (κ1) is 17.8. The number of hydrogen-bond acceptors (Lipinski definition) is 3. The van der Waals surface area contributed by atoms with Crippen molar-refractivity contribution in [2.24, 2.45) is 16.3 Å². The molecular weight excluding hydrogens is 318 g/mol. The van der Waals surface area contributed by atoms with E-state index in [0.29, 0.717) is 5.41 Å². The number of benzene rings is 1. The Hall–Kier alpha value is -1.06. The van der Waals surface area contributed by atoms with E-state index in [2.05, 4.69) is 43.5 Å². The standard InChI is InChI=1S/C20H30ClN3/c1-19(2,3)16-8-10-20(11-9-16)18(22-12-13-24-20)23-14-15-4-6-17(21)7-5-15/h4-7,16,24H,8-14H2,1-3H3,(H,22,23). The van der Waals surface area contributed by atoms with Gasteiger partial charge in [0.2, 0.25) is 0 Å². The maximum atomic E-state index is 5.97. The Labute approximate surface area is 151 Å². The predicted octanol–water partition coefficient (Wildman–Crippen LogP) is 4.41. The molecule has 1 heterocycles. The summed E-state index contributed by atoms with van der Waals surface area (Å²) in [5, 5.41) is 8.19. The second-order valence-electron chi connectivity index (χ2n) is 8.36. The average Bonchev–Trinajstić information content (AvgIpc) is 2.55. The van der Waals surface area contributed by atoms with E-state index < -0.39 is 0 Å². The van der Waals surface area contributed by atoms with Gasteiger partial charge in [-0.3, -0.25) is 4.99 Å². The fourth-order valence-corrected chi connectivity index (χ4v) is 4.23. The number of aliphatic imine (C=N–C) groups is 1. The number of hydrogen-bond donors (Lipinski definition) is 2. The first-order chi connectivity index (χ1) is 11.4. The first-order valence-electron chi connectivity index (χ1n) is 9.17. The van der Waals surface area contributed by atoms with E-state index in [1.54, 1.807) is 0 Å². The Balaban J connectivity index is 1.66. The minimum absolute atomic E-state index is 0.0619. The molecule has 24 heavy (non-hydrogen) atoms. The maximum absolute atomic E-state index is 5.97. The van der Waals surface area contributed by atoms with Crippen LogP contribution in [-0.4, -0.2) is 24.5 Å². The summed E-state index contributed by atoms with van der Waals surface area (Å²) in [6.07, 6.45) is 4.92. The molecule has 1 aliphatic carbocycles. The summed E-state index contributed by atoms with van der Waals surface area (Å²) in [6.45, 7) is 9.79. The van der Waals surface area contributed by atoms with E-state index in [4.69, 9.17) is 16.6 Å². The lowest BCUT2D eigenvalue weighted by Crippen LogP contribution is -2.61. The van der Waals surface area contributed by atoms with Crippen molar-refractivity contribution in [2.45, 2.75) is 58.5 Å². The van der Waals surface area contributed by atoms with Crippen LogP contribution in [-0.2, 0) is 6.54 Å². The topological polar surface area (TPSA) is 36.4 Å². The van der Waals surface area contributed by atoms with Crippen molar-refractivity contribution >= 4 is 17.4 Å². The molecule has 1 fully saturated rings. The summed E-state index contributed by atoms with van der Waals surface area (Å²) in [6, 6.07) is 8.05. The number of rotatable bonds is 2. The second kappa shape index (κ2) is 7.05. The molecule has 3 nitrogen and oxygen atoms in total. The fourth-order valence-electron chi connectivity index (χ4n) is 4.10. The minimum Gasteiger partial charge on any atom is -0.368 e. The van der Waals surface area contributed by atoms with Gasteiger partial charge in [0.25, 0.3) is 0 Å². The van der Waals surface area contributed by atoms with Crippen molar-refractivity contribution < 1.29 is 0 Å². The lowest BCUT2D eigenvalue weighted by atomic mass is 9.66. The monoisotopic (exact) mass is 347 g/mol. The Morgan fingerprint density at radius 1 is 1.21 bits per heavy atom. The molecule has 0 radical (unpaired) electrons. The molecule has 1 aliphatic heterocycles. The molecular formula is C20H30ClN3. The SMILES string of the molecule is CC(C)(C)C1CCC2(CC1)NCCN=C2NCc1ccc(Cl)cc1. The van der Waals surface area contributed by atoms with Gasteiger partial charge < -0.3 is 10.6 Å². The molecule has 1 aromatic rings. The highest BCUT2D eigenvalue weighted by atomic mass is 35.5. The molecule has 1 spiro atoms. The van der Waals surface area contributed by atoms with Crippen LogP contribution in [0.15, 0.2) is 29.3 Å². The molecule has 0 atom stereocenters. The van der Waals surface area contributed by atoms with Crippen molar-refractivity contribution in [3.63, 3.8) is 0 Å². The van der Waals surface area contributed by atoms with Gasteiger partial charge >= 0.3 is 0 Å². The van der Waals surface area contributed by atoms with E-state index in [1.165, 1.54) is 31.2 Å². The largest absolute Gasteiger partial charge is 0.368 e. The lowest BCUT2D eigenvalue weighted by molar-refractivity contribution is 0.139. The zero-order chi connectivity index (χ0) is 17.2. The molecule has 0 aromatic heterocycles. The summed E-state index contributed by atoms with van der Waals surface area (Å²) in [5.41, 5.74) is 1.71. The van der Waals surface area contributed by atoms with Crippen molar-refractivity contribution in [3.05, 3.63) is 34.9 Å². The van der Waals surface area contributed by atoms with Crippen molar-refractivity contribution in [1.82, 2.24) is 10.6 Å². The van der Waals surface area contributed by atoms with Gasteiger partial charge in [-0.15, -0.1) is 0 Å². The number of nitrogens with zero attached hydrogens (tertiary/aromatic N) is 1. The Bertz CT molecular complexity index is 578. The highest BCUT2D eigenvalue weighted by Crippen LogP contribution is 2.42. The van der Waals surface area contributed by atoms with Gasteiger partial charge in [0.05, 0.1) is 12.1 Å². The minimum atomic E-state index is 0.0619. The third-order valence-corrected chi connectivity index (χ3v) is 5.99. The van der Waals surface area contributed by atoms with Crippen LogP contribution < -0.4 is 10.6 Å². The molecule has 132 valence electrons. The summed E-state index contributed by atoms with van der Waals surface area (Å²) in [7, 11) is 0. The number of halogens is 1. The van der Waals surface area contributed by atoms with Gasteiger partial charge in [0, 0.05) is 18.1 Å². The third-order valence-electron chi connectivity index (χ3n) is 5.74. The predicted molar refractivity (Wildman–Crippen MR) is 103 cm³/mol. The molecule has 0 amide bonds. The molecule has 0 saturated heterocycles. The zero-order valence-corrected chi connectivity index (χ0v) is 15.9. The molecule has 2 aliphatic rings. The smallest absolute Gasteiger partial charge is 0.117 e. The van der Waals surface area contributed by atoms with Gasteiger partial charge in [-0.05, 0) is 54.7 Å². The molecule has 4 heteroatoms. The van der Waals surface area contributed by atoms with Crippen molar-refractivity contribution in [1.29, 1.82) is 0 Å². The van der Waals surface area contributed by atoms with Crippen LogP contribution in [0.4, 0.5) is 0 Å². The highest BCUT2D eigenvalue weighted by molar-refractivity contribution is 6.30. The van der Waals surface area contributed by atoms with Crippen LogP contribution in [0, 0.1) is 11.3 Å². The van der Waals surface area contributed by atoms with Crippen molar-refractivity contribution in [3.8, 4) is 0 Å². The van der Waals surface area contributed by atoms with E-state index in [1.807, 2.05) is 12.1 Å². The van der Waals surface area contributed by atoms with Crippen LogP contribution in [0.3, 0.4) is 0 Å². The van der Waals surface area contributed by atoms with Crippen LogP contribution in [0.2, 0.25) is 5.02 Å². The molecule has 2 N–H and O–H groups in total. The van der Waals surface area contributed by atoms with E-state index in [9.17, 15) is 0 Å². The van der Waals surface area contributed by atoms with E-state index in [0.717, 1.165) is 36.4 Å². The third kappa shape index (κ3) is 3.94. The second-order valence-corrected chi connectivity index (χ2v) is 8.80.